The van der Waals surface area contributed by atoms with Gasteiger partial charge in [-0.05, 0) is 38.9 Å². The first-order valence-electron chi connectivity index (χ1n) is 5.00. The van der Waals surface area contributed by atoms with Gasteiger partial charge in [0.2, 0.25) is 0 Å². The molecule has 3 nitrogen and oxygen atoms in total. The molecular weight excluding hydrogens is 176 g/mol. The second kappa shape index (κ2) is 5.73. The fourth-order valence-electron chi connectivity index (χ4n) is 1.23. The largest absolute Gasteiger partial charge is 0.393 e. The van der Waals surface area contributed by atoms with Crippen LogP contribution in [-0.2, 0) is 6.54 Å². The van der Waals surface area contributed by atoms with Crippen molar-refractivity contribution >= 4 is 0 Å². The average Bonchev–Trinajstić information content (AvgIpc) is 2.12. The number of hydrogen-bond donors (Lipinski definition) is 2. The highest BCUT2D eigenvalue weighted by Crippen LogP contribution is 1.97. The van der Waals surface area contributed by atoms with Crippen LogP contribution in [0.5, 0.6) is 0 Å². The minimum absolute atomic E-state index is 0.229. The first kappa shape index (κ1) is 11.1. The molecule has 14 heavy (non-hydrogen) atoms. The van der Waals surface area contributed by atoms with Crippen LogP contribution in [0.25, 0.3) is 0 Å². The van der Waals surface area contributed by atoms with Gasteiger partial charge in [0, 0.05) is 12.2 Å². The summed E-state index contributed by atoms with van der Waals surface area (Å²) in [5.41, 5.74) is 2.09. The molecule has 1 rings (SSSR count). The molecule has 1 aromatic rings. The Labute approximate surface area is 85.2 Å². The zero-order chi connectivity index (χ0) is 10.4. The molecule has 0 radical (unpaired) electrons. The van der Waals surface area contributed by atoms with Gasteiger partial charge < -0.3 is 10.4 Å². The summed E-state index contributed by atoms with van der Waals surface area (Å²) in [5, 5.41) is 12.3. The maximum absolute atomic E-state index is 9.04. The summed E-state index contributed by atoms with van der Waals surface area (Å²) in [6, 6.07) is 6.00. The highest BCUT2D eigenvalue weighted by Gasteiger charge is 1.96. The molecule has 0 saturated heterocycles. The number of aryl methyl sites for hydroxylation is 1. The minimum Gasteiger partial charge on any atom is -0.393 e. The van der Waals surface area contributed by atoms with Crippen LogP contribution in [0.3, 0.4) is 0 Å². The Morgan fingerprint density at radius 1 is 1.50 bits per heavy atom. The Hall–Kier alpha value is -0.930. The number of aliphatic hydroxyl groups is 1. The Morgan fingerprint density at radius 3 is 2.93 bits per heavy atom. The number of rotatable bonds is 5. The Morgan fingerprint density at radius 2 is 2.29 bits per heavy atom. The van der Waals surface area contributed by atoms with Crippen molar-refractivity contribution in [3.8, 4) is 0 Å². The van der Waals surface area contributed by atoms with Crippen molar-refractivity contribution < 1.29 is 5.11 Å². The van der Waals surface area contributed by atoms with Gasteiger partial charge in [0.15, 0.2) is 0 Å². The van der Waals surface area contributed by atoms with E-state index in [0.29, 0.717) is 0 Å². The lowest BCUT2D eigenvalue weighted by Gasteiger charge is -2.06. The van der Waals surface area contributed by atoms with Gasteiger partial charge in [-0.15, -0.1) is 0 Å². The summed E-state index contributed by atoms with van der Waals surface area (Å²) in [5.74, 6) is 0. The molecule has 1 heterocycles. The van der Waals surface area contributed by atoms with Crippen LogP contribution in [0.2, 0.25) is 0 Å². The zero-order valence-corrected chi connectivity index (χ0v) is 8.83. The molecule has 2 N–H and O–H groups in total. The third-order valence-corrected chi connectivity index (χ3v) is 1.99. The van der Waals surface area contributed by atoms with E-state index < -0.39 is 0 Å². The predicted octanol–water partition coefficient (Wildman–Crippen LogP) is 1.25. The number of nitrogens with one attached hydrogen (secondary N) is 1. The van der Waals surface area contributed by atoms with Crippen molar-refractivity contribution in [3.63, 3.8) is 0 Å². The smallest absolute Gasteiger partial charge is 0.0544 e. The first-order chi connectivity index (χ1) is 6.68. The van der Waals surface area contributed by atoms with Gasteiger partial charge in [-0.3, -0.25) is 4.98 Å². The fraction of sp³-hybridized carbons (Fsp3) is 0.545. The molecular formula is C11H18N2O. The Bertz CT molecular complexity index is 274. The van der Waals surface area contributed by atoms with Gasteiger partial charge in [-0.25, -0.2) is 0 Å². The van der Waals surface area contributed by atoms with E-state index in [1.54, 1.807) is 6.92 Å². The topological polar surface area (TPSA) is 45.1 Å². The molecule has 0 bridgehead atoms. The number of aliphatic hydroxyl groups excluding tert-OH is 1. The van der Waals surface area contributed by atoms with Crippen LogP contribution in [0.15, 0.2) is 18.2 Å². The highest BCUT2D eigenvalue weighted by atomic mass is 16.3. The van der Waals surface area contributed by atoms with Crippen molar-refractivity contribution in [3.05, 3.63) is 29.6 Å². The predicted molar refractivity (Wildman–Crippen MR) is 57.0 cm³/mol. The second-order valence-electron chi connectivity index (χ2n) is 3.58. The van der Waals surface area contributed by atoms with Crippen LogP contribution < -0.4 is 5.32 Å². The summed E-state index contributed by atoms with van der Waals surface area (Å²) < 4.78 is 0. The molecule has 0 spiro atoms. The SMILES string of the molecule is Cc1cccc(CNCCC(C)O)n1. The number of hydrogen-bond acceptors (Lipinski definition) is 3. The van der Waals surface area contributed by atoms with Crippen molar-refractivity contribution in [1.29, 1.82) is 0 Å². The van der Waals surface area contributed by atoms with Crippen LogP contribution >= 0.6 is 0 Å². The van der Waals surface area contributed by atoms with Crippen molar-refractivity contribution in [2.45, 2.75) is 32.9 Å². The maximum atomic E-state index is 9.04. The third kappa shape index (κ3) is 4.35. The molecule has 1 aromatic heterocycles. The normalized spacial score (nSPS) is 12.8. The number of nitrogens with zero attached hydrogens (tertiary/aromatic N) is 1. The summed E-state index contributed by atoms with van der Waals surface area (Å²) in [4.78, 5) is 4.36. The molecule has 0 saturated carbocycles. The molecule has 0 aliphatic carbocycles. The average molecular weight is 194 g/mol. The van der Waals surface area contributed by atoms with E-state index in [4.69, 9.17) is 5.11 Å². The molecule has 1 unspecified atom stereocenters. The fourth-order valence-corrected chi connectivity index (χ4v) is 1.23. The van der Waals surface area contributed by atoms with Gasteiger partial charge in [-0.1, -0.05) is 6.07 Å². The lowest BCUT2D eigenvalue weighted by atomic mass is 10.3. The summed E-state index contributed by atoms with van der Waals surface area (Å²) in [6.45, 7) is 5.38. The molecule has 0 amide bonds. The number of aromatic nitrogens is 1. The summed E-state index contributed by atoms with van der Waals surface area (Å²) in [7, 11) is 0. The van der Waals surface area contributed by atoms with Gasteiger partial charge in [0.25, 0.3) is 0 Å². The van der Waals surface area contributed by atoms with Crippen molar-refractivity contribution in [2.24, 2.45) is 0 Å². The quantitative estimate of drug-likeness (QED) is 0.693. The van der Waals surface area contributed by atoms with Gasteiger partial charge in [0.05, 0.1) is 11.8 Å². The molecule has 3 heteroatoms. The lowest BCUT2D eigenvalue weighted by molar-refractivity contribution is 0.183. The van der Waals surface area contributed by atoms with E-state index in [1.165, 1.54) is 0 Å². The van der Waals surface area contributed by atoms with Gasteiger partial charge in [-0.2, -0.15) is 0 Å². The van der Waals surface area contributed by atoms with Gasteiger partial charge >= 0.3 is 0 Å². The van der Waals surface area contributed by atoms with E-state index in [2.05, 4.69) is 10.3 Å². The van der Waals surface area contributed by atoms with Crippen molar-refractivity contribution in [1.82, 2.24) is 10.3 Å². The van der Waals surface area contributed by atoms with Crippen LogP contribution in [0.4, 0.5) is 0 Å². The molecule has 0 fully saturated rings. The minimum atomic E-state index is -0.229. The van der Waals surface area contributed by atoms with E-state index in [9.17, 15) is 0 Å². The molecule has 78 valence electrons. The van der Waals surface area contributed by atoms with E-state index >= 15 is 0 Å². The lowest BCUT2D eigenvalue weighted by Crippen LogP contribution is -2.19. The molecule has 0 aliphatic rings. The second-order valence-corrected chi connectivity index (χ2v) is 3.58. The van der Waals surface area contributed by atoms with Crippen LogP contribution in [-0.4, -0.2) is 22.7 Å². The van der Waals surface area contributed by atoms with E-state index in [0.717, 1.165) is 30.9 Å². The first-order valence-corrected chi connectivity index (χ1v) is 5.00. The molecule has 0 aromatic carbocycles. The monoisotopic (exact) mass is 194 g/mol. The number of pyridine rings is 1. The van der Waals surface area contributed by atoms with Crippen LogP contribution in [0, 0.1) is 6.92 Å². The standard InChI is InChI=1S/C11H18N2O/c1-9-4-3-5-11(13-9)8-12-7-6-10(2)14/h3-5,10,12,14H,6-8H2,1-2H3. The van der Waals surface area contributed by atoms with E-state index in [1.807, 2.05) is 25.1 Å². The Balaban J connectivity index is 2.25. The summed E-state index contributed by atoms with van der Waals surface area (Å²) in [6.07, 6.45) is 0.555. The maximum Gasteiger partial charge on any atom is 0.0544 e. The highest BCUT2D eigenvalue weighted by molar-refractivity contribution is 5.09. The zero-order valence-electron chi connectivity index (χ0n) is 8.83. The summed E-state index contributed by atoms with van der Waals surface area (Å²) >= 11 is 0. The van der Waals surface area contributed by atoms with E-state index in [-0.39, 0.29) is 6.10 Å². The molecule has 0 aliphatic heterocycles. The van der Waals surface area contributed by atoms with Crippen molar-refractivity contribution in [2.75, 3.05) is 6.54 Å². The third-order valence-electron chi connectivity index (χ3n) is 1.99. The van der Waals surface area contributed by atoms with Gasteiger partial charge in [0.1, 0.15) is 0 Å². The molecule has 1 atom stereocenters. The van der Waals surface area contributed by atoms with Crippen LogP contribution in [0.1, 0.15) is 24.7 Å². The Kier molecular flexibility index (Phi) is 4.56.